The Kier molecular flexibility index (Phi) is 4.37. The quantitative estimate of drug-likeness (QED) is 0.684. The molecule has 8 nitrogen and oxygen atoms in total. The van der Waals surface area contributed by atoms with E-state index >= 15 is 0 Å². The number of nitro benzene ring substituents is 1. The third-order valence-corrected chi connectivity index (χ3v) is 3.98. The Hall–Kier alpha value is -3.03. The Morgan fingerprint density at radius 2 is 1.96 bits per heavy atom. The van der Waals surface area contributed by atoms with Crippen LogP contribution in [0.25, 0.3) is 0 Å². The minimum absolute atomic E-state index is 0.0137. The van der Waals surface area contributed by atoms with E-state index in [0.29, 0.717) is 11.3 Å². The van der Waals surface area contributed by atoms with E-state index in [1.807, 2.05) is 0 Å². The van der Waals surface area contributed by atoms with Gasteiger partial charge in [0.1, 0.15) is 0 Å². The zero-order chi connectivity index (χ0) is 17.1. The molecule has 24 heavy (non-hydrogen) atoms. The molecule has 1 aromatic carbocycles. The van der Waals surface area contributed by atoms with Crippen LogP contribution in [0.2, 0.25) is 0 Å². The van der Waals surface area contributed by atoms with Crippen molar-refractivity contribution in [1.29, 1.82) is 0 Å². The summed E-state index contributed by atoms with van der Waals surface area (Å²) >= 11 is 0. The summed E-state index contributed by atoms with van der Waals surface area (Å²) < 4.78 is 0. The summed E-state index contributed by atoms with van der Waals surface area (Å²) in [7, 11) is 0. The van der Waals surface area contributed by atoms with Crippen molar-refractivity contribution in [3.8, 4) is 0 Å². The van der Waals surface area contributed by atoms with E-state index in [2.05, 4.69) is 20.4 Å². The number of nitro groups is 1. The highest BCUT2D eigenvalue weighted by Gasteiger charge is 2.16. The number of hydrogen-bond acceptors (Lipinski definition) is 6. The third-order valence-electron chi connectivity index (χ3n) is 3.98. The van der Waals surface area contributed by atoms with Gasteiger partial charge >= 0.3 is 0 Å². The van der Waals surface area contributed by atoms with Crippen LogP contribution < -0.4 is 10.2 Å². The van der Waals surface area contributed by atoms with Crippen LogP contribution in [-0.4, -0.2) is 34.1 Å². The molecule has 2 heterocycles. The van der Waals surface area contributed by atoms with E-state index in [0.717, 1.165) is 31.7 Å². The van der Waals surface area contributed by atoms with Crippen molar-refractivity contribution in [2.75, 3.05) is 23.3 Å². The molecule has 0 unspecified atom stereocenters. The molecule has 3 rings (SSSR count). The van der Waals surface area contributed by atoms with Gasteiger partial charge in [-0.2, -0.15) is 0 Å². The van der Waals surface area contributed by atoms with Crippen molar-refractivity contribution in [2.24, 2.45) is 0 Å². The fourth-order valence-electron chi connectivity index (χ4n) is 2.65. The van der Waals surface area contributed by atoms with E-state index in [1.165, 1.54) is 18.2 Å². The number of rotatable bonds is 4. The van der Waals surface area contributed by atoms with Gasteiger partial charge in [-0.25, -0.2) is 0 Å². The molecule has 1 amide bonds. The van der Waals surface area contributed by atoms with E-state index in [4.69, 9.17) is 0 Å². The maximum Gasteiger partial charge on any atom is 0.276 e. The van der Waals surface area contributed by atoms with E-state index in [-0.39, 0.29) is 11.4 Å². The van der Waals surface area contributed by atoms with Crippen LogP contribution in [0.3, 0.4) is 0 Å². The fourth-order valence-corrected chi connectivity index (χ4v) is 2.65. The highest BCUT2D eigenvalue weighted by Crippen LogP contribution is 2.22. The predicted octanol–water partition coefficient (Wildman–Crippen LogP) is 2.55. The van der Waals surface area contributed by atoms with Gasteiger partial charge in [-0.3, -0.25) is 14.9 Å². The Morgan fingerprint density at radius 3 is 2.54 bits per heavy atom. The highest BCUT2D eigenvalue weighted by molar-refractivity contribution is 6.03. The first-order valence-corrected chi connectivity index (χ1v) is 7.69. The summed E-state index contributed by atoms with van der Waals surface area (Å²) in [6, 6.07) is 7.70. The minimum Gasteiger partial charge on any atom is -0.355 e. The number of benzene rings is 1. The van der Waals surface area contributed by atoms with E-state index < -0.39 is 10.8 Å². The van der Waals surface area contributed by atoms with Crippen molar-refractivity contribution in [1.82, 2.24) is 10.2 Å². The van der Waals surface area contributed by atoms with Gasteiger partial charge in [0.2, 0.25) is 0 Å². The number of nitrogens with zero attached hydrogens (tertiary/aromatic N) is 4. The van der Waals surface area contributed by atoms with Gasteiger partial charge in [0.25, 0.3) is 11.6 Å². The molecule has 0 aliphatic carbocycles. The fraction of sp³-hybridized carbons (Fsp3) is 0.312. The van der Waals surface area contributed by atoms with Crippen LogP contribution in [0.4, 0.5) is 17.2 Å². The predicted molar refractivity (Wildman–Crippen MR) is 89.3 cm³/mol. The normalized spacial score (nSPS) is 13.8. The first-order valence-electron chi connectivity index (χ1n) is 7.69. The lowest BCUT2D eigenvalue weighted by Crippen LogP contribution is -2.21. The molecule has 1 saturated heterocycles. The molecule has 1 aromatic heterocycles. The van der Waals surface area contributed by atoms with Crippen molar-refractivity contribution in [3.05, 3.63) is 51.7 Å². The number of non-ortho nitro benzene ring substituents is 1. The topological polar surface area (TPSA) is 101 Å². The third kappa shape index (κ3) is 3.32. The molecule has 0 bridgehead atoms. The molecule has 1 aliphatic rings. The Morgan fingerprint density at radius 1 is 1.21 bits per heavy atom. The highest BCUT2D eigenvalue weighted by atomic mass is 16.6. The van der Waals surface area contributed by atoms with Crippen LogP contribution in [0.15, 0.2) is 30.3 Å². The van der Waals surface area contributed by atoms with E-state index in [1.54, 1.807) is 19.1 Å². The van der Waals surface area contributed by atoms with Gasteiger partial charge in [0, 0.05) is 30.9 Å². The van der Waals surface area contributed by atoms with E-state index in [9.17, 15) is 14.9 Å². The largest absolute Gasteiger partial charge is 0.355 e. The minimum atomic E-state index is -0.471. The van der Waals surface area contributed by atoms with Crippen molar-refractivity contribution in [2.45, 2.75) is 19.8 Å². The average Bonchev–Trinajstić information content (AvgIpc) is 3.11. The van der Waals surface area contributed by atoms with Gasteiger partial charge in [-0.1, -0.05) is 0 Å². The van der Waals surface area contributed by atoms with Gasteiger partial charge < -0.3 is 10.2 Å². The van der Waals surface area contributed by atoms with Crippen LogP contribution in [0, 0.1) is 17.0 Å². The maximum absolute atomic E-state index is 12.3. The molecular weight excluding hydrogens is 310 g/mol. The lowest BCUT2D eigenvalue weighted by atomic mass is 10.1. The Balaban J connectivity index is 1.71. The molecule has 8 heteroatoms. The first kappa shape index (κ1) is 15.9. The molecule has 124 valence electrons. The van der Waals surface area contributed by atoms with Crippen LogP contribution >= 0.6 is 0 Å². The number of carbonyl (C=O) groups excluding carboxylic acids is 1. The van der Waals surface area contributed by atoms with Gasteiger partial charge in [-0.15, -0.1) is 10.2 Å². The van der Waals surface area contributed by atoms with Crippen LogP contribution in [0.1, 0.15) is 28.9 Å². The molecule has 0 radical (unpaired) electrons. The van der Waals surface area contributed by atoms with Gasteiger partial charge in [-0.05, 0) is 43.5 Å². The molecule has 2 aromatic rings. The standard InChI is InChI=1S/C16H17N5O3/c1-11-10-12(21(23)24)4-5-13(11)17-16(22)14-6-7-15(19-18-14)20-8-2-3-9-20/h4-7,10H,2-3,8-9H2,1H3,(H,17,22). The average molecular weight is 327 g/mol. The summed E-state index contributed by atoms with van der Waals surface area (Å²) in [5, 5.41) is 21.5. The van der Waals surface area contributed by atoms with Crippen molar-refractivity contribution < 1.29 is 9.72 Å². The summed E-state index contributed by atoms with van der Waals surface area (Å²) in [4.78, 5) is 24.7. The van der Waals surface area contributed by atoms with Gasteiger partial charge in [0.15, 0.2) is 11.5 Å². The van der Waals surface area contributed by atoms with Crippen molar-refractivity contribution >= 4 is 23.1 Å². The smallest absolute Gasteiger partial charge is 0.276 e. The van der Waals surface area contributed by atoms with Gasteiger partial charge in [0.05, 0.1) is 4.92 Å². The monoisotopic (exact) mass is 327 g/mol. The first-order chi connectivity index (χ1) is 11.5. The Labute approximate surface area is 138 Å². The second-order valence-electron chi connectivity index (χ2n) is 5.68. The Bertz CT molecular complexity index is 770. The molecule has 0 saturated carbocycles. The lowest BCUT2D eigenvalue weighted by Gasteiger charge is -2.15. The SMILES string of the molecule is Cc1cc([N+](=O)[O-])ccc1NC(=O)c1ccc(N2CCCC2)nn1. The van der Waals surface area contributed by atoms with Crippen LogP contribution in [-0.2, 0) is 0 Å². The number of carbonyl (C=O) groups is 1. The number of aryl methyl sites for hydroxylation is 1. The summed E-state index contributed by atoms with van der Waals surface area (Å²) in [6.45, 7) is 3.62. The summed E-state index contributed by atoms with van der Waals surface area (Å²) in [5.41, 5.74) is 1.31. The number of aromatic nitrogens is 2. The second-order valence-corrected chi connectivity index (χ2v) is 5.68. The van der Waals surface area contributed by atoms with Crippen molar-refractivity contribution in [3.63, 3.8) is 0 Å². The summed E-state index contributed by atoms with van der Waals surface area (Å²) in [6.07, 6.45) is 2.28. The second kappa shape index (κ2) is 6.61. The van der Waals surface area contributed by atoms with Crippen LogP contribution in [0.5, 0.6) is 0 Å². The zero-order valence-electron chi connectivity index (χ0n) is 13.2. The molecule has 0 atom stereocenters. The zero-order valence-corrected chi connectivity index (χ0v) is 13.2. The lowest BCUT2D eigenvalue weighted by molar-refractivity contribution is -0.384. The molecule has 1 fully saturated rings. The molecular formula is C16H17N5O3. The number of amides is 1. The molecule has 1 N–H and O–H groups in total. The molecule has 0 spiro atoms. The maximum atomic E-state index is 12.3. The number of anilines is 2. The summed E-state index contributed by atoms with van der Waals surface area (Å²) in [5.74, 6) is 0.378. The number of hydrogen-bond donors (Lipinski definition) is 1. The molecule has 1 aliphatic heterocycles. The number of nitrogens with one attached hydrogen (secondary N) is 1.